The van der Waals surface area contributed by atoms with Crippen LogP contribution in [-0.2, 0) is 17.9 Å². The fourth-order valence-corrected chi connectivity index (χ4v) is 1.15. The maximum atomic E-state index is 13.1. The first-order chi connectivity index (χ1) is 8.23. The third-order valence-corrected chi connectivity index (χ3v) is 1.80. The molecule has 1 aromatic rings. The van der Waals surface area contributed by atoms with Crippen molar-refractivity contribution in [2.45, 2.75) is 19.5 Å². The standard InChI is InChI=1S/C9H6F5NO3/c10-3-4-1-6(18-9(12,13)14)8(11)15-5(4)2-7(16)17/h1H,2-3H2,(H,16,17). The summed E-state index contributed by atoms with van der Waals surface area (Å²) in [5.41, 5.74) is -0.963. The molecule has 0 aromatic carbocycles. The molecule has 1 rings (SSSR count). The molecule has 1 aromatic heterocycles. The molecular formula is C9H6F5NO3. The Kier molecular flexibility index (Phi) is 4.04. The number of carbonyl (C=O) groups is 1. The van der Waals surface area contributed by atoms with Crippen LogP contribution in [0.5, 0.6) is 5.75 Å². The predicted octanol–water partition coefficient (Wildman–Crippen LogP) is 2.22. The molecule has 0 fully saturated rings. The fraction of sp³-hybridized carbons (Fsp3) is 0.333. The number of carboxylic acid groups (broad SMARTS) is 1. The minimum atomic E-state index is -5.15. The van der Waals surface area contributed by atoms with E-state index in [0.29, 0.717) is 6.07 Å². The highest BCUT2D eigenvalue weighted by Gasteiger charge is 2.33. The molecule has 0 aliphatic carbocycles. The summed E-state index contributed by atoms with van der Waals surface area (Å²) >= 11 is 0. The van der Waals surface area contributed by atoms with Crippen molar-refractivity contribution < 1.29 is 36.6 Å². The van der Waals surface area contributed by atoms with E-state index in [1.54, 1.807) is 0 Å². The van der Waals surface area contributed by atoms with E-state index in [9.17, 15) is 26.7 Å². The molecule has 0 spiro atoms. The highest BCUT2D eigenvalue weighted by atomic mass is 19.4. The van der Waals surface area contributed by atoms with E-state index in [-0.39, 0.29) is 0 Å². The van der Waals surface area contributed by atoms with Gasteiger partial charge in [-0.25, -0.2) is 9.37 Å². The Morgan fingerprint density at radius 1 is 1.44 bits per heavy atom. The summed E-state index contributed by atoms with van der Waals surface area (Å²) in [6.45, 7) is -1.29. The lowest BCUT2D eigenvalue weighted by atomic mass is 10.1. The molecule has 0 bridgehead atoms. The molecule has 1 N–H and O–H groups in total. The van der Waals surface area contributed by atoms with Crippen LogP contribution >= 0.6 is 0 Å². The summed E-state index contributed by atoms with van der Waals surface area (Å²) in [6, 6.07) is 0.439. The second-order valence-corrected chi connectivity index (χ2v) is 3.14. The second kappa shape index (κ2) is 5.15. The monoisotopic (exact) mass is 271 g/mol. The third kappa shape index (κ3) is 3.82. The Morgan fingerprint density at radius 2 is 2.06 bits per heavy atom. The molecule has 0 saturated heterocycles. The van der Waals surface area contributed by atoms with Crippen LogP contribution in [0.25, 0.3) is 0 Å². The van der Waals surface area contributed by atoms with Gasteiger partial charge in [0, 0.05) is 5.56 Å². The Balaban J connectivity index is 3.13. The first kappa shape index (κ1) is 14.1. The number of halogens is 5. The van der Waals surface area contributed by atoms with Gasteiger partial charge in [-0.05, 0) is 6.07 Å². The minimum absolute atomic E-state index is 0.439. The van der Waals surface area contributed by atoms with Crippen molar-refractivity contribution in [1.29, 1.82) is 0 Å². The van der Waals surface area contributed by atoms with Crippen LogP contribution in [0.15, 0.2) is 6.07 Å². The summed E-state index contributed by atoms with van der Waals surface area (Å²) in [4.78, 5) is 13.3. The SMILES string of the molecule is O=C(O)Cc1nc(F)c(OC(F)(F)F)cc1CF. The van der Waals surface area contributed by atoms with Crippen molar-refractivity contribution in [1.82, 2.24) is 4.98 Å². The first-order valence-electron chi connectivity index (χ1n) is 4.44. The van der Waals surface area contributed by atoms with Crippen molar-refractivity contribution >= 4 is 5.97 Å². The van der Waals surface area contributed by atoms with Gasteiger partial charge in [0.2, 0.25) is 0 Å². The third-order valence-electron chi connectivity index (χ3n) is 1.80. The van der Waals surface area contributed by atoms with Crippen molar-refractivity contribution in [3.63, 3.8) is 0 Å². The molecule has 4 nitrogen and oxygen atoms in total. The van der Waals surface area contributed by atoms with E-state index in [0.717, 1.165) is 0 Å². The zero-order valence-electron chi connectivity index (χ0n) is 8.59. The number of alkyl halides is 4. The number of hydrogen-bond acceptors (Lipinski definition) is 3. The topological polar surface area (TPSA) is 59.4 Å². The van der Waals surface area contributed by atoms with Crippen LogP contribution in [0.3, 0.4) is 0 Å². The maximum Gasteiger partial charge on any atom is 0.573 e. The number of nitrogens with zero attached hydrogens (tertiary/aromatic N) is 1. The molecule has 0 unspecified atom stereocenters. The predicted molar refractivity (Wildman–Crippen MR) is 47.0 cm³/mol. The van der Waals surface area contributed by atoms with Crippen molar-refractivity contribution in [2.75, 3.05) is 0 Å². The Bertz CT molecular complexity index is 460. The lowest BCUT2D eigenvalue weighted by molar-refractivity contribution is -0.275. The Morgan fingerprint density at radius 3 is 2.50 bits per heavy atom. The molecule has 0 radical (unpaired) electrons. The molecular weight excluding hydrogens is 265 g/mol. The zero-order valence-corrected chi connectivity index (χ0v) is 8.59. The average molecular weight is 271 g/mol. The van der Waals surface area contributed by atoms with E-state index in [2.05, 4.69) is 9.72 Å². The Hall–Kier alpha value is -1.93. The summed E-state index contributed by atoms with van der Waals surface area (Å²) in [7, 11) is 0. The number of rotatable bonds is 4. The molecule has 18 heavy (non-hydrogen) atoms. The van der Waals surface area contributed by atoms with E-state index in [1.165, 1.54) is 0 Å². The van der Waals surface area contributed by atoms with Gasteiger partial charge < -0.3 is 9.84 Å². The van der Waals surface area contributed by atoms with Gasteiger partial charge in [0.15, 0.2) is 5.75 Å². The van der Waals surface area contributed by atoms with Gasteiger partial charge in [0.05, 0.1) is 12.1 Å². The van der Waals surface area contributed by atoms with Crippen LogP contribution in [0.4, 0.5) is 22.0 Å². The molecule has 100 valence electrons. The quantitative estimate of drug-likeness (QED) is 0.673. The fourth-order valence-electron chi connectivity index (χ4n) is 1.15. The normalized spacial score (nSPS) is 11.4. The number of hydrogen-bond donors (Lipinski definition) is 1. The van der Waals surface area contributed by atoms with Crippen LogP contribution in [-0.4, -0.2) is 22.4 Å². The van der Waals surface area contributed by atoms with Crippen LogP contribution in [0.1, 0.15) is 11.3 Å². The second-order valence-electron chi connectivity index (χ2n) is 3.14. The lowest BCUT2D eigenvalue weighted by Gasteiger charge is -2.11. The van der Waals surface area contributed by atoms with E-state index >= 15 is 0 Å². The van der Waals surface area contributed by atoms with E-state index in [1.807, 2.05) is 0 Å². The molecule has 0 aliphatic rings. The largest absolute Gasteiger partial charge is 0.573 e. The van der Waals surface area contributed by atoms with E-state index < -0.39 is 48.4 Å². The van der Waals surface area contributed by atoms with Gasteiger partial charge in [0.25, 0.3) is 5.95 Å². The van der Waals surface area contributed by atoms with Crippen molar-refractivity contribution in [3.05, 3.63) is 23.3 Å². The molecule has 1 heterocycles. The van der Waals surface area contributed by atoms with Crippen LogP contribution in [0.2, 0.25) is 0 Å². The van der Waals surface area contributed by atoms with Crippen molar-refractivity contribution in [2.24, 2.45) is 0 Å². The number of ether oxygens (including phenoxy) is 1. The highest BCUT2D eigenvalue weighted by Crippen LogP contribution is 2.27. The smallest absolute Gasteiger partial charge is 0.481 e. The summed E-state index contributed by atoms with van der Waals surface area (Å²) < 4.78 is 64.5. The van der Waals surface area contributed by atoms with Gasteiger partial charge in [-0.2, -0.15) is 4.39 Å². The number of carboxylic acids is 1. The molecule has 9 heteroatoms. The minimum Gasteiger partial charge on any atom is -0.481 e. The lowest BCUT2D eigenvalue weighted by Crippen LogP contribution is -2.19. The average Bonchev–Trinajstić information content (AvgIpc) is 2.19. The summed E-state index contributed by atoms with van der Waals surface area (Å²) in [5.74, 6) is -4.37. The van der Waals surface area contributed by atoms with Gasteiger partial charge in [-0.3, -0.25) is 4.79 Å². The van der Waals surface area contributed by atoms with Gasteiger partial charge in [-0.1, -0.05) is 0 Å². The van der Waals surface area contributed by atoms with Gasteiger partial charge in [0.1, 0.15) is 6.67 Å². The van der Waals surface area contributed by atoms with Crippen LogP contribution < -0.4 is 4.74 Å². The van der Waals surface area contributed by atoms with Gasteiger partial charge >= 0.3 is 12.3 Å². The molecule has 0 amide bonds. The van der Waals surface area contributed by atoms with Gasteiger partial charge in [-0.15, -0.1) is 13.2 Å². The maximum absolute atomic E-state index is 13.1. The molecule has 0 saturated carbocycles. The number of aromatic nitrogens is 1. The zero-order chi connectivity index (χ0) is 13.9. The first-order valence-corrected chi connectivity index (χ1v) is 4.44. The Labute approximate surface area is 97.0 Å². The number of aliphatic carboxylic acids is 1. The summed E-state index contributed by atoms with van der Waals surface area (Å²) in [5, 5.41) is 8.44. The van der Waals surface area contributed by atoms with Crippen LogP contribution in [0, 0.1) is 5.95 Å². The van der Waals surface area contributed by atoms with E-state index in [4.69, 9.17) is 5.11 Å². The number of pyridine rings is 1. The summed E-state index contributed by atoms with van der Waals surface area (Å²) in [6.07, 6.45) is -5.95. The van der Waals surface area contributed by atoms with Crippen molar-refractivity contribution in [3.8, 4) is 5.75 Å². The molecule has 0 aliphatic heterocycles. The molecule has 0 atom stereocenters. The highest BCUT2D eigenvalue weighted by molar-refractivity contribution is 5.70.